The van der Waals surface area contributed by atoms with Crippen LogP contribution in [0.4, 0.5) is 22.0 Å². The minimum atomic E-state index is -5.63. The number of nitrogens with one attached hydrogen (secondary N) is 3. The molecular formula is C40H55N11O18P3S+. The van der Waals surface area contributed by atoms with Crippen LogP contribution in [0.2, 0.25) is 0 Å². The van der Waals surface area contributed by atoms with Gasteiger partial charge in [-0.15, -0.1) is 4.86 Å². The average molecular weight is 1100 g/mol. The minimum absolute atomic E-state index is 0.0411. The van der Waals surface area contributed by atoms with Gasteiger partial charge < -0.3 is 60.2 Å². The second kappa shape index (κ2) is 20.9. The van der Waals surface area contributed by atoms with Crippen molar-refractivity contribution >= 4 is 73.8 Å². The fraction of sp³-hybridized carbons (Fsp3) is 0.525. The molecule has 33 heteroatoms. The number of anilines is 2. The second-order valence-electron chi connectivity index (χ2n) is 18.2. The van der Waals surface area contributed by atoms with Gasteiger partial charge in [0.1, 0.15) is 48.2 Å². The van der Waals surface area contributed by atoms with Gasteiger partial charge in [0.2, 0.25) is 11.3 Å². The van der Waals surface area contributed by atoms with E-state index in [0.717, 1.165) is 42.5 Å². The third-order valence-electron chi connectivity index (χ3n) is 12.5. The molecule has 11 N–H and O–H groups in total. The number of alkyl carbamates (subject to hydrolysis) is 1. The molecule has 2 aromatic heterocycles. The monoisotopic (exact) mass is 1100 g/mol. The zero-order valence-corrected chi connectivity index (χ0v) is 42.9. The number of nitrogen functional groups attached to an aromatic ring is 1. The molecule has 1 fully saturated rings. The molecule has 4 aromatic rings. The Labute approximate surface area is 416 Å². The number of carbonyl (C=O) groups is 2. The number of hydrogen-bond donors (Lipinski definition) is 10. The van der Waals surface area contributed by atoms with Crippen molar-refractivity contribution in [2.75, 3.05) is 55.7 Å². The summed E-state index contributed by atoms with van der Waals surface area (Å²) in [7, 11) is -21.0. The van der Waals surface area contributed by atoms with Gasteiger partial charge in [-0.3, -0.25) is 18.4 Å². The van der Waals surface area contributed by atoms with Gasteiger partial charge in [-0.1, -0.05) is 0 Å². The summed E-state index contributed by atoms with van der Waals surface area (Å²) in [6, 6.07) is 7.71. The number of aliphatic hydroxyl groups excluding tert-OH is 1. The zero-order valence-electron chi connectivity index (χ0n) is 39.4. The van der Waals surface area contributed by atoms with E-state index in [0.29, 0.717) is 53.2 Å². The number of aryl methyl sites for hydroxylation is 1. The van der Waals surface area contributed by atoms with E-state index in [4.69, 9.17) is 39.2 Å². The standard InChI is InChI=1S/C40H54N11O18P3S/c1-4-49-11-5-7-22-13-25-29(15-27(22)49)66-30-16-28-24(14-26(30)47-25)23(19-73(62,63)64)17-40(2,3)51(28)12-6-8-32(52)42-9-10-43-39(54)68-35-34(53)31(18-65-72(60,61)69-71(58,59)48-70(55,56)57)67-38(35)50-21-46-33-36(41)44-20-45-37(33)50/h13-16,20-21,23,31,34-35,38,53H,4-12,17-19H2,1-3H3,(H9-,41,42,43,44,45,48,52,54,55,56,57,58,59,60,61,62,63,64)/p+1/t23?,31-,34-,35-,38-/m1/s1. The Balaban J connectivity index is 0.887. The number of imidazole rings is 1. The van der Waals surface area contributed by atoms with E-state index < -0.39 is 87.9 Å². The summed E-state index contributed by atoms with van der Waals surface area (Å²) < 4.78 is 100. The van der Waals surface area contributed by atoms with Crippen LogP contribution in [-0.4, -0.2) is 138 Å². The number of nitrogens with two attached hydrogens (primary N) is 1. The SMILES string of the molecule is CC[N+]1=c2cc3c(cc2CCC1)=Nc1cc2c(cc1O3)N(CCCC(=O)NCCNC(=O)O[C@@H]1[C@H](O)[C@@H](COP(=O)(O)OP(=O)(O)NP(=O)(O)O)O[C@H]1n1cnc3c(N)ncnc31)C(C)(C)CC2CS(=O)(=O)O. The highest BCUT2D eigenvalue weighted by Crippen LogP contribution is 2.61. The van der Waals surface area contributed by atoms with Crippen molar-refractivity contribution in [3.05, 3.63) is 58.8 Å². The van der Waals surface area contributed by atoms with Gasteiger partial charge in [-0.25, -0.2) is 43.0 Å². The number of phosphoric ester groups is 1. The van der Waals surface area contributed by atoms with Crippen LogP contribution in [0.25, 0.3) is 11.2 Å². The molecule has 4 aliphatic rings. The number of amides is 2. The normalized spacial score (nSPS) is 22.9. The van der Waals surface area contributed by atoms with E-state index in [-0.39, 0.29) is 42.4 Å². The fourth-order valence-electron chi connectivity index (χ4n) is 9.50. The molecular weight excluding hydrogens is 1050 g/mol. The van der Waals surface area contributed by atoms with Gasteiger partial charge in [0.15, 0.2) is 35.3 Å². The van der Waals surface area contributed by atoms with Crippen LogP contribution in [-0.2, 0) is 53.3 Å². The molecule has 8 rings (SSSR count). The van der Waals surface area contributed by atoms with Crippen molar-refractivity contribution in [3.8, 4) is 11.5 Å². The number of fused-ring (bicyclic) bond motifs is 5. The molecule has 0 bridgehead atoms. The number of carbonyl (C=O) groups excluding carboxylic acids is 2. The summed E-state index contributed by atoms with van der Waals surface area (Å²) in [6.07, 6.45) is -2.75. The molecule has 0 aliphatic carbocycles. The molecule has 73 heavy (non-hydrogen) atoms. The maximum atomic E-state index is 13.1. The third kappa shape index (κ3) is 12.7. The number of benzene rings is 2. The van der Waals surface area contributed by atoms with Crippen LogP contribution in [0.3, 0.4) is 0 Å². The number of nitrogens with zero attached hydrogens (tertiary/aromatic N) is 7. The molecule has 2 amide bonds. The lowest BCUT2D eigenvalue weighted by molar-refractivity contribution is -0.121. The summed E-state index contributed by atoms with van der Waals surface area (Å²) in [5, 5.41) is 18.2. The van der Waals surface area contributed by atoms with Crippen molar-refractivity contribution in [1.82, 2.24) is 39.6 Å². The topological polar surface area (TPSA) is 411 Å². The third-order valence-corrected chi connectivity index (χ3v) is 17.6. The van der Waals surface area contributed by atoms with E-state index in [1.807, 2.05) is 38.1 Å². The van der Waals surface area contributed by atoms with Gasteiger partial charge >= 0.3 is 29.4 Å². The summed E-state index contributed by atoms with van der Waals surface area (Å²) in [5.74, 6) is -0.385. The number of ether oxygens (including phenoxy) is 3. The molecule has 29 nitrogen and oxygen atoms in total. The Bertz CT molecular complexity index is 3220. The lowest BCUT2D eigenvalue weighted by Crippen LogP contribution is -2.50. The first-order valence-electron chi connectivity index (χ1n) is 22.8. The van der Waals surface area contributed by atoms with E-state index in [9.17, 15) is 51.1 Å². The molecule has 4 aliphatic heterocycles. The highest BCUT2D eigenvalue weighted by atomic mass is 32.2. The molecule has 6 heterocycles. The predicted molar refractivity (Wildman–Crippen MR) is 256 cm³/mol. The molecule has 398 valence electrons. The number of hydrogen-bond acceptors (Lipinski definition) is 19. The van der Waals surface area contributed by atoms with Crippen LogP contribution in [0.15, 0.2) is 41.9 Å². The summed E-state index contributed by atoms with van der Waals surface area (Å²) in [5.41, 5.74) is 8.49. The first-order chi connectivity index (χ1) is 34.2. The quantitative estimate of drug-likeness (QED) is 0.0236. The van der Waals surface area contributed by atoms with Gasteiger partial charge in [-0.2, -0.15) is 12.7 Å². The van der Waals surface area contributed by atoms with Crippen LogP contribution in [0, 0.1) is 0 Å². The van der Waals surface area contributed by atoms with Gasteiger partial charge in [0, 0.05) is 61.2 Å². The summed E-state index contributed by atoms with van der Waals surface area (Å²) >= 11 is 0. The Hall–Kier alpha value is -5.03. The van der Waals surface area contributed by atoms with Crippen LogP contribution >= 0.6 is 23.3 Å². The van der Waals surface area contributed by atoms with E-state index in [2.05, 4.69) is 46.3 Å². The van der Waals surface area contributed by atoms with Crippen molar-refractivity contribution in [3.63, 3.8) is 0 Å². The second-order valence-corrected chi connectivity index (χ2v) is 24.5. The van der Waals surface area contributed by atoms with E-state index in [1.54, 1.807) is 0 Å². The fourth-order valence-corrected chi connectivity index (χ4v) is 13.7. The Morgan fingerprint density at radius 3 is 2.52 bits per heavy atom. The molecule has 7 atom stereocenters. The largest absolute Gasteiger partial charge is 0.480 e. The zero-order chi connectivity index (χ0) is 52.8. The Kier molecular flexibility index (Phi) is 15.6. The lowest BCUT2D eigenvalue weighted by Gasteiger charge is -2.48. The highest BCUT2D eigenvalue weighted by molar-refractivity contribution is 7.85. The first-order valence-corrected chi connectivity index (χ1v) is 29.1. The molecule has 0 spiro atoms. The highest BCUT2D eigenvalue weighted by Gasteiger charge is 2.50. The molecule has 3 unspecified atom stereocenters. The first kappa shape index (κ1) is 54.2. The maximum Gasteiger partial charge on any atom is 0.480 e. The number of phosphoric acid groups is 1. The van der Waals surface area contributed by atoms with Crippen molar-refractivity contribution in [2.24, 2.45) is 4.99 Å². The Morgan fingerprint density at radius 1 is 1.04 bits per heavy atom. The van der Waals surface area contributed by atoms with Crippen molar-refractivity contribution in [2.45, 2.75) is 88.9 Å². The van der Waals surface area contributed by atoms with E-state index in [1.165, 1.54) is 16.5 Å². The van der Waals surface area contributed by atoms with Crippen LogP contribution < -0.4 is 46.2 Å². The smallest absolute Gasteiger partial charge is 0.452 e. The summed E-state index contributed by atoms with van der Waals surface area (Å²) in [4.78, 5) is 83.7. The van der Waals surface area contributed by atoms with Crippen LogP contribution in [0.1, 0.15) is 69.7 Å². The van der Waals surface area contributed by atoms with Gasteiger partial charge in [-0.05, 0) is 57.7 Å². The number of rotatable bonds is 19. The average Bonchev–Trinajstić information content (AvgIpc) is 3.84. The molecule has 2 aromatic carbocycles. The number of aliphatic hydroxyl groups is 1. The van der Waals surface area contributed by atoms with Crippen molar-refractivity contribution < 1.29 is 84.0 Å². The Morgan fingerprint density at radius 2 is 1.79 bits per heavy atom. The van der Waals surface area contributed by atoms with Gasteiger partial charge in [0.25, 0.3) is 10.1 Å². The lowest BCUT2D eigenvalue weighted by atomic mass is 9.79. The molecule has 0 radical (unpaired) electrons. The summed E-state index contributed by atoms with van der Waals surface area (Å²) in [6.45, 7) is 6.85. The van der Waals surface area contributed by atoms with E-state index >= 15 is 0 Å². The number of aromatic nitrogens is 4. The molecule has 1 saturated heterocycles. The van der Waals surface area contributed by atoms with Crippen molar-refractivity contribution in [1.29, 1.82) is 0 Å². The minimum Gasteiger partial charge on any atom is -0.452 e. The maximum absolute atomic E-state index is 13.1. The van der Waals surface area contributed by atoms with Crippen LogP contribution in [0.5, 0.6) is 11.5 Å². The predicted octanol–water partition coefficient (Wildman–Crippen LogP) is 0.749. The molecule has 0 saturated carbocycles. The van der Waals surface area contributed by atoms with Gasteiger partial charge in [0.05, 0.1) is 24.8 Å².